The van der Waals surface area contributed by atoms with Gasteiger partial charge in [-0.3, -0.25) is 4.79 Å². The minimum absolute atomic E-state index is 0.0903. The van der Waals surface area contributed by atoms with Gasteiger partial charge in [-0.2, -0.15) is 0 Å². The lowest BCUT2D eigenvalue weighted by molar-refractivity contribution is -0.136. The lowest BCUT2D eigenvalue weighted by Crippen LogP contribution is -2.40. The molecular formula is C14H28N2O2. The molecule has 1 aliphatic heterocycles. The van der Waals surface area contributed by atoms with Crippen molar-refractivity contribution in [3.63, 3.8) is 0 Å². The van der Waals surface area contributed by atoms with E-state index in [9.17, 15) is 4.79 Å². The molecule has 0 spiro atoms. The van der Waals surface area contributed by atoms with Crippen LogP contribution < -0.4 is 5.32 Å². The normalized spacial score (nSPS) is 21.1. The molecule has 0 saturated carbocycles. The Balaban J connectivity index is 2.09. The van der Waals surface area contributed by atoms with Crippen molar-refractivity contribution < 1.29 is 9.90 Å². The van der Waals surface area contributed by atoms with Crippen LogP contribution in [-0.2, 0) is 4.79 Å². The molecule has 0 aromatic heterocycles. The molecule has 1 heterocycles. The molecule has 1 unspecified atom stereocenters. The third-order valence-corrected chi connectivity index (χ3v) is 3.64. The first-order valence-corrected chi connectivity index (χ1v) is 7.37. The van der Waals surface area contributed by atoms with Gasteiger partial charge in [0.1, 0.15) is 0 Å². The summed E-state index contributed by atoms with van der Waals surface area (Å²) < 4.78 is 0. The standard InChI is InChI=1S/C14H28N2O2/c1-2-3-4-5-8-16-9-6-7-13(12-16)10-15-11-14(17)18/h13,15H,2-12H2,1H3,(H,17,18). The second-order valence-corrected chi connectivity index (χ2v) is 5.39. The molecule has 1 atom stereocenters. The van der Waals surface area contributed by atoms with E-state index in [2.05, 4.69) is 17.1 Å². The van der Waals surface area contributed by atoms with Crippen molar-refractivity contribution in [1.82, 2.24) is 10.2 Å². The van der Waals surface area contributed by atoms with Gasteiger partial charge in [-0.1, -0.05) is 26.2 Å². The van der Waals surface area contributed by atoms with Gasteiger partial charge in [0.15, 0.2) is 0 Å². The summed E-state index contributed by atoms with van der Waals surface area (Å²) in [6, 6.07) is 0. The molecule has 1 saturated heterocycles. The molecule has 1 aliphatic rings. The first-order chi connectivity index (χ1) is 8.72. The van der Waals surface area contributed by atoms with Gasteiger partial charge in [-0.25, -0.2) is 0 Å². The van der Waals surface area contributed by atoms with Crippen LogP contribution in [0.2, 0.25) is 0 Å². The van der Waals surface area contributed by atoms with Crippen LogP contribution in [0.5, 0.6) is 0 Å². The lowest BCUT2D eigenvalue weighted by atomic mass is 9.97. The van der Waals surface area contributed by atoms with Crippen molar-refractivity contribution in [3.05, 3.63) is 0 Å². The Kier molecular flexibility index (Phi) is 8.01. The average Bonchev–Trinajstić information content (AvgIpc) is 2.35. The highest BCUT2D eigenvalue weighted by Crippen LogP contribution is 2.16. The molecule has 4 heteroatoms. The summed E-state index contributed by atoms with van der Waals surface area (Å²) in [5.41, 5.74) is 0. The van der Waals surface area contributed by atoms with E-state index in [1.165, 1.54) is 51.6 Å². The minimum Gasteiger partial charge on any atom is -0.480 e. The smallest absolute Gasteiger partial charge is 0.317 e. The molecule has 2 N–H and O–H groups in total. The van der Waals surface area contributed by atoms with Crippen LogP contribution in [0.1, 0.15) is 45.4 Å². The number of hydrogen-bond donors (Lipinski definition) is 2. The van der Waals surface area contributed by atoms with Crippen molar-refractivity contribution in [2.24, 2.45) is 5.92 Å². The molecule has 0 amide bonds. The van der Waals surface area contributed by atoms with E-state index < -0.39 is 5.97 Å². The minimum atomic E-state index is -0.762. The summed E-state index contributed by atoms with van der Waals surface area (Å²) in [6.07, 6.45) is 7.78. The second kappa shape index (κ2) is 9.34. The summed E-state index contributed by atoms with van der Waals surface area (Å²) in [5, 5.41) is 11.6. The van der Waals surface area contributed by atoms with Crippen LogP contribution in [0.3, 0.4) is 0 Å². The van der Waals surface area contributed by atoms with Crippen LogP contribution in [-0.4, -0.2) is 48.7 Å². The first kappa shape index (κ1) is 15.4. The van der Waals surface area contributed by atoms with Gasteiger partial charge >= 0.3 is 5.97 Å². The molecule has 0 bridgehead atoms. The zero-order chi connectivity index (χ0) is 13.2. The molecule has 1 fully saturated rings. The Hall–Kier alpha value is -0.610. The van der Waals surface area contributed by atoms with Gasteiger partial charge in [0, 0.05) is 6.54 Å². The van der Waals surface area contributed by atoms with Gasteiger partial charge < -0.3 is 15.3 Å². The zero-order valence-corrected chi connectivity index (χ0v) is 11.7. The van der Waals surface area contributed by atoms with Gasteiger partial charge in [0.2, 0.25) is 0 Å². The fourth-order valence-electron chi connectivity index (χ4n) is 2.67. The van der Waals surface area contributed by atoms with E-state index in [1.807, 2.05) is 0 Å². The number of nitrogens with one attached hydrogen (secondary N) is 1. The topological polar surface area (TPSA) is 52.6 Å². The number of nitrogens with zero attached hydrogens (tertiary/aromatic N) is 1. The molecule has 18 heavy (non-hydrogen) atoms. The SMILES string of the molecule is CCCCCCN1CCCC(CNCC(=O)O)C1. The molecule has 0 aromatic rings. The van der Waals surface area contributed by atoms with E-state index in [0.717, 1.165) is 13.1 Å². The number of carbonyl (C=O) groups is 1. The fourth-order valence-corrected chi connectivity index (χ4v) is 2.67. The Bertz CT molecular complexity index is 234. The van der Waals surface area contributed by atoms with Crippen molar-refractivity contribution in [2.45, 2.75) is 45.4 Å². The number of hydrogen-bond acceptors (Lipinski definition) is 3. The molecular weight excluding hydrogens is 228 g/mol. The zero-order valence-electron chi connectivity index (χ0n) is 11.7. The second-order valence-electron chi connectivity index (χ2n) is 5.39. The van der Waals surface area contributed by atoms with Crippen LogP contribution in [0.4, 0.5) is 0 Å². The van der Waals surface area contributed by atoms with Gasteiger partial charge in [-0.15, -0.1) is 0 Å². The summed E-state index contributed by atoms with van der Waals surface area (Å²) in [5.74, 6) is -0.133. The summed E-state index contributed by atoms with van der Waals surface area (Å²) in [6.45, 7) is 6.76. The number of aliphatic carboxylic acids is 1. The van der Waals surface area contributed by atoms with Gasteiger partial charge in [-0.05, 0) is 44.8 Å². The summed E-state index contributed by atoms with van der Waals surface area (Å²) >= 11 is 0. The van der Waals surface area contributed by atoms with E-state index in [-0.39, 0.29) is 6.54 Å². The lowest BCUT2D eigenvalue weighted by Gasteiger charge is -2.32. The number of unbranched alkanes of at least 4 members (excludes halogenated alkanes) is 3. The predicted octanol–water partition coefficient (Wildman–Crippen LogP) is 1.95. The number of carboxylic acids is 1. The quantitative estimate of drug-likeness (QED) is 0.619. The van der Waals surface area contributed by atoms with Crippen LogP contribution >= 0.6 is 0 Å². The number of carboxylic acid groups (broad SMARTS) is 1. The molecule has 0 aliphatic carbocycles. The highest BCUT2D eigenvalue weighted by Gasteiger charge is 2.19. The Labute approximate surface area is 111 Å². The Morgan fingerprint density at radius 2 is 2.22 bits per heavy atom. The molecule has 0 aromatic carbocycles. The summed E-state index contributed by atoms with van der Waals surface area (Å²) in [7, 11) is 0. The van der Waals surface area contributed by atoms with Crippen molar-refractivity contribution in [3.8, 4) is 0 Å². The molecule has 106 valence electrons. The van der Waals surface area contributed by atoms with E-state index >= 15 is 0 Å². The number of piperidine rings is 1. The van der Waals surface area contributed by atoms with Crippen molar-refractivity contribution in [2.75, 3.05) is 32.7 Å². The highest BCUT2D eigenvalue weighted by molar-refractivity contribution is 5.68. The maximum absolute atomic E-state index is 10.4. The Morgan fingerprint density at radius 1 is 1.39 bits per heavy atom. The van der Waals surface area contributed by atoms with Gasteiger partial charge in [0.05, 0.1) is 6.54 Å². The monoisotopic (exact) mass is 256 g/mol. The molecule has 4 nitrogen and oxygen atoms in total. The van der Waals surface area contributed by atoms with Crippen LogP contribution in [0.25, 0.3) is 0 Å². The average molecular weight is 256 g/mol. The fraction of sp³-hybridized carbons (Fsp3) is 0.929. The highest BCUT2D eigenvalue weighted by atomic mass is 16.4. The molecule has 1 rings (SSSR count). The third kappa shape index (κ3) is 6.97. The Morgan fingerprint density at radius 3 is 2.94 bits per heavy atom. The van der Waals surface area contributed by atoms with Crippen LogP contribution in [0, 0.1) is 5.92 Å². The number of likely N-dealkylation sites (tertiary alicyclic amines) is 1. The number of rotatable bonds is 9. The largest absolute Gasteiger partial charge is 0.480 e. The predicted molar refractivity (Wildman–Crippen MR) is 73.8 cm³/mol. The molecule has 0 radical (unpaired) electrons. The summed E-state index contributed by atoms with van der Waals surface area (Å²) in [4.78, 5) is 13.0. The third-order valence-electron chi connectivity index (χ3n) is 3.64. The van der Waals surface area contributed by atoms with Gasteiger partial charge in [0.25, 0.3) is 0 Å². The van der Waals surface area contributed by atoms with Crippen molar-refractivity contribution >= 4 is 5.97 Å². The van der Waals surface area contributed by atoms with E-state index in [0.29, 0.717) is 5.92 Å². The maximum atomic E-state index is 10.4. The maximum Gasteiger partial charge on any atom is 0.317 e. The van der Waals surface area contributed by atoms with E-state index in [4.69, 9.17) is 5.11 Å². The van der Waals surface area contributed by atoms with Crippen molar-refractivity contribution in [1.29, 1.82) is 0 Å². The first-order valence-electron chi connectivity index (χ1n) is 7.37. The van der Waals surface area contributed by atoms with E-state index in [1.54, 1.807) is 0 Å². The van der Waals surface area contributed by atoms with Crippen LogP contribution in [0.15, 0.2) is 0 Å².